The zero-order valence-corrected chi connectivity index (χ0v) is 13.3. The van der Waals surface area contributed by atoms with E-state index in [4.69, 9.17) is 9.15 Å². The summed E-state index contributed by atoms with van der Waals surface area (Å²) in [5.74, 6) is 1.70. The number of hydrogen-bond acceptors (Lipinski definition) is 4. The van der Waals surface area contributed by atoms with Gasteiger partial charge in [-0.05, 0) is 44.2 Å². The molecule has 0 spiro atoms. The number of carbonyl (C=O) groups excluding carboxylic acids is 1. The van der Waals surface area contributed by atoms with Gasteiger partial charge >= 0.3 is 0 Å². The normalized spacial score (nSPS) is 11.3. The topological polar surface area (TPSA) is 63.8 Å². The van der Waals surface area contributed by atoms with Gasteiger partial charge < -0.3 is 9.15 Å². The Morgan fingerprint density at radius 1 is 1.38 bits per heavy atom. The van der Waals surface area contributed by atoms with E-state index in [2.05, 4.69) is 26.5 Å². The van der Waals surface area contributed by atoms with Gasteiger partial charge in [0.2, 0.25) is 0 Å². The predicted molar refractivity (Wildman–Crippen MR) is 83.4 cm³/mol. The molecule has 0 aliphatic carbocycles. The minimum atomic E-state index is -0.336. The van der Waals surface area contributed by atoms with Crippen LogP contribution in [0.15, 0.2) is 50.4 Å². The fraction of sp³-hybridized carbons (Fsp3) is 0.200. The Kier molecular flexibility index (Phi) is 5.16. The molecule has 0 atom stereocenters. The van der Waals surface area contributed by atoms with Crippen molar-refractivity contribution in [2.45, 2.75) is 13.8 Å². The Morgan fingerprint density at radius 3 is 2.86 bits per heavy atom. The molecule has 0 radical (unpaired) electrons. The number of nitrogens with one attached hydrogen (secondary N) is 1. The first kappa shape index (κ1) is 15.3. The highest BCUT2D eigenvalue weighted by Gasteiger charge is 2.05. The maximum Gasteiger partial charge on any atom is 0.277 e. The highest BCUT2D eigenvalue weighted by molar-refractivity contribution is 9.10. The van der Waals surface area contributed by atoms with E-state index in [-0.39, 0.29) is 12.5 Å². The molecule has 0 saturated carbocycles. The molecule has 1 amide bonds. The fourth-order valence-corrected chi connectivity index (χ4v) is 1.95. The van der Waals surface area contributed by atoms with Crippen LogP contribution in [0.2, 0.25) is 0 Å². The molecule has 0 saturated heterocycles. The van der Waals surface area contributed by atoms with Gasteiger partial charge in [0.05, 0.1) is 0 Å². The molecule has 2 aromatic rings. The van der Waals surface area contributed by atoms with Crippen LogP contribution in [0.3, 0.4) is 0 Å². The monoisotopic (exact) mass is 350 g/mol. The van der Waals surface area contributed by atoms with Crippen molar-refractivity contribution in [2.75, 3.05) is 6.61 Å². The van der Waals surface area contributed by atoms with E-state index in [1.165, 1.54) is 0 Å². The smallest absolute Gasteiger partial charge is 0.277 e. The molecule has 0 aliphatic rings. The third kappa shape index (κ3) is 4.75. The van der Waals surface area contributed by atoms with Crippen molar-refractivity contribution in [3.63, 3.8) is 0 Å². The van der Waals surface area contributed by atoms with E-state index < -0.39 is 0 Å². The summed E-state index contributed by atoms with van der Waals surface area (Å²) in [7, 11) is 0. The Morgan fingerprint density at radius 2 is 2.19 bits per heavy atom. The van der Waals surface area contributed by atoms with Gasteiger partial charge in [-0.2, -0.15) is 5.10 Å². The summed E-state index contributed by atoms with van der Waals surface area (Å²) in [6, 6.07) is 10.9. The van der Waals surface area contributed by atoms with Crippen molar-refractivity contribution in [2.24, 2.45) is 5.10 Å². The third-order valence-electron chi connectivity index (χ3n) is 2.61. The number of ether oxygens (including phenoxy) is 1. The van der Waals surface area contributed by atoms with Gasteiger partial charge in [-0.3, -0.25) is 4.79 Å². The standard InChI is InChI=1S/C15H15BrN2O3/c1-10-6-7-14(21-10)11(2)17-18-15(19)9-20-13-5-3-4-12(16)8-13/h3-8H,9H2,1-2H3,(H,18,19)/b17-11-. The minimum absolute atomic E-state index is 0.107. The molecule has 1 aromatic carbocycles. The first-order valence-electron chi connectivity index (χ1n) is 6.33. The summed E-state index contributed by atoms with van der Waals surface area (Å²) in [5, 5.41) is 3.97. The Hall–Kier alpha value is -2.08. The second kappa shape index (κ2) is 7.08. The molecular formula is C15H15BrN2O3. The predicted octanol–water partition coefficient (Wildman–Crippen LogP) is 3.27. The summed E-state index contributed by atoms with van der Waals surface area (Å²) >= 11 is 3.33. The van der Waals surface area contributed by atoms with Crippen LogP contribution in [0.25, 0.3) is 0 Å². The molecular weight excluding hydrogens is 336 g/mol. The van der Waals surface area contributed by atoms with Gasteiger partial charge in [-0.1, -0.05) is 22.0 Å². The number of aryl methyl sites for hydroxylation is 1. The quantitative estimate of drug-likeness (QED) is 0.664. The summed E-state index contributed by atoms with van der Waals surface area (Å²) in [6.07, 6.45) is 0. The van der Waals surface area contributed by atoms with Gasteiger partial charge in [0, 0.05) is 4.47 Å². The average Bonchev–Trinajstić information content (AvgIpc) is 2.89. The van der Waals surface area contributed by atoms with Gasteiger partial charge in [-0.25, -0.2) is 5.43 Å². The van der Waals surface area contributed by atoms with Crippen LogP contribution in [-0.4, -0.2) is 18.2 Å². The van der Waals surface area contributed by atoms with E-state index in [1.807, 2.05) is 25.1 Å². The van der Waals surface area contributed by atoms with E-state index in [9.17, 15) is 4.79 Å². The highest BCUT2D eigenvalue weighted by atomic mass is 79.9. The largest absolute Gasteiger partial charge is 0.484 e. The van der Waals surface area contributed by atoms with Crippen LogP contribution in [0.1, 0.15) is 18.4 Å². The SMILES string of the molecule is C/C(=N/NC(=O)COc1cccc(Br)c1)c1ccc(C)o1. The number of nitrogens with zero attached hydrogens (tertiary/aromatic N) is 1. The van der Waals surface area contributed by atoms with Crippen LogP contribution in [0, 0.1) is 6.92 Å². The summed E-state index contributed by atoms with van der Waals surface area (Å²) in [5.41, 5.74) is 3.02. The number of rotatable bonds is 5. The molecule has 0 fully saturated rings. The van der Waals surface area contributed by atoms with E-state index in [0.717, 1.165) is 10.2 Å². The molecule has 0 aliphatic heterocycles. The van der Waals surface area contributed by atoms with Gasteiger partial charge in [-0.15, -0.1) is 0 Å². The zero-order chi connectivity index (χ0) is 15.2. The first-order valence-corrected chi connectivity index (χ1v) is 7.12. The summed E-state index contributed by atoms with van der Waals surface area (Å²) in [6.45, 7) is 3.50. The molecule has 2 rings (SSSR count). The lowest BCUT2D eigenvalue weighted by Crippen LogP contribution is -2.25. The molecule has 21 heavy (non-hydrogen) atoms. The molecule has 1 aromatic heterocycles. The Bertz CT molecular complexity index is 664. The van der Waals surface area contributed by atoms with Crippen molar-refractivity contribution in [3.8, 4) is 5.75 Å². The number of halogens is 1. The lowest BCUT2D eigenvalue weighted by atomic mass is 10.3. The second-order valence-corrected chi connectivity index (χ2v) is 5.30. The van der Waals surface area contributed by atoms with E-state index in [1.54, 1.807) is 25.1 Å². The number of carbonyl (C=O) groups is 1. The number of amides is 1. The van der Waals surface area contributed by atoms with Gasteiger partial charge in [0.1, 0.15) is 23.0 Å². The first-order chi connectivity index (χ1) is 10.0. The van der Waals surface area contributed by atoms with Crippen molar-refractivity contribution in [3.05, 3.63) is 52.4 Å². The highest BCUT2D eigenvalue weighted by Crippen LogP contribution is 2.17. The maximum absolute atomic E-state index is 11.7. The zero-order valence-electron chi connectivity index (χ0n) is 11.7. The molecule has 110 valence electrons. The average molecular weight is 351 g/mol. The van der Waals surface area contributed by atoms with Crippen molar-refractivity contribution in [1.82, 2.24) is 5.43 Å². The van der Waals surface area contributed by atoms with Gasteiger partial charge in [0.15, 0.2) is 6.61 Å². The number of benzene rings is 1. The fourth-order valence-electron chi connectivity index (χ4n) is 1.57. The molecule has 5 nitrogen and oxygen atoms in total. The number of hydrogen-bond donors (Lipinski definition) is 1. The summed E-state index contributed by atoms with van der Waals surface area (Å²) < 4.78 is 11.6. The van der Waals surface area contributed by atoms with E-state index >= 15 is 0 Å². The van der Waals surface area contributed by atoms with Crippen LogP contribution in [-0.2, 0) is 4.79 Å². The van der Waals surface area contributed by atoms with Crippen LogP contribution >= 0.6 is 15.9 Å². The van der Waals surface area contributed by atoms with Crippen LogP contribution in [0.4, 0.5) is 0 Å². The molecule has 0 bridgehead atoms. The number of hydrazone groups is 1. The minimum Gasteiger partial charge on any atom is -0.484 e. The van der Waals surface area contributed by atoms with Crippen LogP contribution < -0.4 is 10.2 Å². The van der Waals surface area contributed by atoms with E-state index in [0.29, 0.717) is 17.2 Å². The summed E-state index contributed by atoms with van der Waals surface area (Å²) in [4.78, 5) is 11.7. The Labute approximate surface area is 131 Å². The van der Waals surface area contributed by atoms with Crippen LogP contribution in [0.5, 0.6) is 5.75 Å². The molecule has 1 N–H and O–H groups in total. The van der Waals surface area contributed by atoms with Gasteiger partial charge in [0.25, 0.3) is 5.91 Å². The lowest BCUT2D eigenvalue weighted by molar-refractivity contribution is -0.123. The van der Waals surface area contributed by atoms with Crippen molar-refractivity contribution >= 4 is 27.5 Å². The number of furan rings is 1. The Balaban J connectivity index is 1.84. The second-order valence-electron chi connectivity index (χ2n) is 4.39. The molecule has 6 heteroatoms. The van der Waals surface area contributed by atoms with Crippen molar-refractivity contribution in [1.29, 1.82) is 0 Å². The molecule has 0 unspecified atom stereocenters. The lowest BCUT2D eigenvalue weighted by Gasteiger charge is -2.05. The van der Waals surface area contributed by atoms with Crippen molar-refractivity contribution < 1.29 is 13.9 Å². The maximum atomic E-state index is 11.7. The molecule has 1 heterocycles. The third-order valence-corrected chi connectivity index (χ3v) is 3.10.